The van der Waals surface area contributed by atoms with Crippen LogP contribution in [0.25, 0.3) is 0 Å². The Morgan fingerprint density at radius 1 is 1.29 bits per heavy atom. The number of hydrogen-bond acceptors (Lipinski definition) is 3. The van der Waals surface area contributed by atoms with Crippen molar-refractivity contribution in [1.82, 2.24) is 4.90 Å². The van der Waals surface area contributed by atoms with Gasteiger partial charge in [-0.25, -0.2) is 4.79 Å². The molecule has 0 heterocycles. The number of urea groups is 1. The van der Waals surface area contributed by atoms with E-state index in [1.54, 1.807) is 4.90 Å². The molecule has 2 rings (SSSR count). The first-order valence-corrected chi connectivity index (χ1v) is 9.02. The first-order valence-electron chi connectivity index (χ1n) is 9.02. The largest absolute Gasteiger partial charge is 0.491 e. The topological polar surface area (TPSA) is 61.8 Å². The molecule has 5 heteroatoms. The molecule has 0 bridgehead atoms. The molecule has 1 fully saturated rings. The van der Waals surface area contributed by atoms with E-state index in [9.17, 15) is 9.90 Å². The van der Waals surface area contributed by atoms with Crippen molar-refractivity contribution < 1.29 is 14.6 Å². The predicted octanol–water partition coefficient (Wildman–Crippen LogP) is 3.88. The van der Waals surface area contributed by atoms with Crippen molar-refractivity contribution in [2.45, 2.75) is 51.5 Å². The number of rotatable bonds is 7. The van der Waals surface area contributed by atoms with E-state index in [0.717, 1.165) is 50.0 Å². The van der Waals surface area contributed by atoms with Gasteiger partial charge in [-0.3, -0.25) is 0 Å². The first kappa shape index (κ1) is 18.6. The van der Waals surface area contributed by atoms with Gasteiger partial charge < -0.3 is 20.1 Å². The zero-order chi connectivity index (χ0) is 17.4. The molecule has 0 unspecified atom stereocenters. The second kappa shape index (κ2) is 9.52. The maximum atomic E-state index is 12.6. The number of nitrogens with one attached hydrogen (secondary N) is 1. The standard InChI is InChI=1S/C19H30N2O3/c1-3-4-13-24-18-8-6-5-7-17(18)20-19(23)21(2)16-11-9-15(14-22)10-12-16/h5-8,15-16,22H,3-4,9-14H2,1-2H3,(H,20,23). The van der Waals surface area contributed by atoms with Crippen molar-refractivity contribution in [2.24, 2.45) is 5.92 Å². The number of amides is 2. The van der Waals surface area contributed by atoms with Crippen LogP contribution >= 0.6 is 0 Å². The van der Waals surface area contributed by atoms with Gasteiger partial charge in [0.05, 0.1) is 12.3 Å². The summed E-state index contributed by atoms with van der Waals surface area (Å²) in [5.74, 6) is 1.11. The molecule has 0 atom stereocenters. The molecule has 0 aromatic heterocycles. The van der Waals surface area contributed by atoms with Gasteiger partial charge in [0.15, 0.2) is 0 Å². The fourth-order valence-corrected chi connectivity index (χ4v) is 3.11. The van der Waals surface area contributed by atoms with Gasteiger partial charge in [0, 0.05) is 19.7 Å². The van der Waals surface area contributed by atoms with Gasteiger partial charge in [-0.1, -0.05) is 25.5 Å². The van der Waals surface area contributed by atoms with Gasteiger partial charge in [0.25, 0.3) is 0 Å². The van der Waals surface area contributed by atoms with Crippen LogP contribution in [0.4, 0.5) is 10.5 Å². The van der Waals surface area contributed by atoms with Gasteiger partial charge in [0.1, 0.15) is 5.75 Å². The molecule has 0 saturated heterocycles. The number of benzene rings is 1. The van der Waals surface area contributed by atoms with Crippen LogP contribution in [-0.2, 0) is 0 Å². The van der Waals surface area contributed by atoms with Crippen LogP contribution in [0, 0.1) is 5.92 Å². The third-order valence-corrected chi connectivity index (χ3v) is 4.83. The van der Waals surface area contributed by atoms with E-state index in [0.29, 0.717) is 12.5 Å². The van der Waals surface area contributed by atoms with E-state index in [4.69, 9.17) is 4.74 Å². The second-order valence-corrected chi connectivity index (χ2v) is 6.60. The molecule has 1 aromatic rings. The first-order chi connectivity index (χ1) is 11.7. The van der Waals surface area contributed by atoms with Gasteiger partial charge in [-0.2, -0.15) is 0 Å². The lowest BCUT2D eigenvalue weighted by Crippen LogP contribution is -2.42. The SMILES string of the molecule is CCCCOc1ccccc1NC(=O)N(C)C1CCC(CO)CC1. The molecule has 2 N–H and O–H groups in total. The smallest absolute Gasteiger partial charge is 0.321 e. The Balaban J connectivity index is 1.91. The van der Waals surface area contributed by atoms with Crippen molar-refractivity contribution in [3.63, 3.8) is 0 Å². The van der Waals surface area contributed by atoms with Crippen molar-refractivity contribution in [2.75, 3.05) is 25.6 Å². The fourth-order valence-electron chi connectivity index (χ4n) is 3.11. The lowest BCUT2D eigenvalue weighted by Gasteiger charge is -2.34. The number of ether oxygens (including phenoxy) is 1. The Hall–Kier alpha value is -1.75. The average molecular weight is 334 g/mol. The number of anilines is 1. The molecule has 1 saturated carbocycles. The van der Waals surface area contributed by atoms with Crippen LogP contribution in [0.15, 0.2) is 24.3 Å². The Kier molecular flexibility index (Phi) is 7.37. The van der Waals surface area contributed by atoms with E-state index in [1.165, 1.54) is 0 Å². The molecule has 1 aliphatic carbocycles. The van der Waals surface area contributed by atoms with E-state index >= 15 is 0 Å². The highest BCUT2D eigenvalue weighted by molar-refractivity contribution is 5.91. The summed E-state index contributed by atoms with van der Waals surface area (Å²) in [5.41, 5.74) is 0.717. The van der Waals surface area contributed by atoms with E-state index in [-0.39, 0.29) is 18.7 Å². The molecular weight excluding hydrogens is 304 g/mol. The minimum absolute atomic E-state index is 0.103. The van der Waals surface area contributed by atoms with Crippen molar-refractivity contribution in [3.05, 3.63) is 24.3 Å². The quantitative estimate of drug-likeness (QED) is 0.744. The molecule has 134 valence electrons. The van der Waals surface area contributed by atoms with Gasteiger partial charge in [-0.05, 0) is 50.2 Å². The number of hydrogen-bond donors (Lipinski definition) is 2. The van der Waals surface area contributed by atoms with Gasteiger partial charge in [0.2, 0.25) is 0 Å². The van der Waals surface area contributed by atoms with Crippen LogP contribution in [-0.4, -0.2) is 42.3 Å². The molecule has 24 heavy (non-hydrogen) atoms. The summed E-state index contributed by atoms with van der Waals surface area (Å²) in [5, 5.41) is 12.2. The van der Waals surface area contributed by atoms with E-state index in [1.807, 2.05) is 31.3 Å². The Morgan fingerprint density at radius 2 is 2.00 bits per heavy atom. The van der Waals surface area contributed by atoms with Crippen LogP contribution in [0.3, 0.4) is 0 Å². The van der Waals surface area contributed by atoms with Crippen LogP contribution in [0.5, 0.6) is 5.75 Å². The lowest BCUT2D eigenvalue weighted by atomic mass is 9.86. The fraction of sp³-hybridized carbons (Fsp3) is 0.632. The highest BCUT2D eigenvalue weighted by Crippen LogP contribution is 2.28. The van der Waals surface area contributed by atoms with Crippen molar-refractivity contribution in [3.8, 4) is 5.75 Å². The Labute approximate surface area is 145 Å². The molecule has 1 aromatic carbocycles. The number of aliphatic hydroxyl groups is 1. The third-order valence-electron chi connectivity index (χ3n) is 4.83. The Morgan fingerprint density at radius 3 is 2.67 bits per heavy atom. The average Bonchev–Trinajstić information content (AvgIpc) is 2.62. The minimum Gasteiger partial charge on any atom is -0.491 e. The van der Waals surface area contributed by atoms with Gasteiger partial charge in [-0.15, -0.1) is 0 Å². The monoisotopic (exact) mass is 334 g/mol. The highest BCUT2D eigenvalue weighted by atomic mass is 16.5. The molecule has 2 amide bonds. The molecule has 0 aliphatic heterocycles. The zero-order valence-electron chi connectivity index (χ0n) is 14.8. The summed E-state index contributed by atoms with van der Waals surface area (Å²) >= 11 is 0. The minimum atomic E-state index is -0.103. The summed E-state index contributed by atoms with van der Waals surface area (Å²) in [4.78, 5) is 14.3. The number of nitrogens with zero attached hydrogens (tertiary/aromatic N) is 1. The maximum Gasteiger partial charge on any atom is 0.321 e. The van der Waals surface area contributed by atoms with Crippen LogP contribution in [0.2, 0.25) is 0 Å². The lowest BCUT2D eigenvalue weighted by molar-refractivity contribution is 0.139. The summed E-state index contributed by atoms with van der Waals surface area (Å²) < 4.78 is 5.77. The van der Waals surface area contributed by atoms with Crippen LogP contribution in [0.1, 0.15) is 45.4 Å². The summed E-state index contributed by atoms with van der Waals surface area (Å²) in [6.07, 6.45) is 5.93. The summed E-state index contributed by atoms with van der Waals surface area (Å²) in [6, 6.07) is 7.70. The molecule has 0 spiro atoms. The predicted molar refractivity (Wildman–Crippen MR) is 96.5 cm³/mol. The van der Waals surface area contributed by atoms with Crippen molar-refractivity contribution >= 4 is 11.7 Å². The zero-order valence-corrected chi connectivity index (χ0v) is 14.8. The number of unbranched alkanes of at least 4 members (excludes halogenated alkanes) is 1. The second-order valence-electron chi connectivity index (χ2n) is 6.60. The summed E-state index contributed by atoms with van der Waals surface area (Å²) in [6.45, 7) is 3.03. The molecule has 1 aliphatic rings. The van der Waals surface area contributed by atoms with Crippen LogP contribution < -0.4 is 10.1 Å². The molecular formula is C19H30N2O3. The van der Waals surface area contributed by atoms with Gasteiger partial charge >= 0.3 is 6.03 Å². The third kappa shape index (κ3) is 5.13. The van der Waals surface area contributed by atoms with Crippen molar-refractivity contribution in [1.29, 1.82) is 0 Å². The Bertz CT molecular complexity index is 513. The number of carbonyl (C=O) groups is 1. The normalized spacial score (nSPS) is 20.5. The van der Waals surface area contributed by atoms with E-state index < -0.39 is 0 Å². The highest BCUT2D eigenvalue weighted by Gasteiger charge is 2.26. The van der Waals surface area contributed by atoms with E-state index in [2.05, 4.69) is 12.2 Å². The number of para-hydroxylation sites is 2. The number of carbonyl (C=O) groups excluding carboxylic acids is 1. The number of aliphatic hydroxyl groups excluding tert-OH is 1. The maximum absolute atomic E-state index is 12.6. The summed E-state index contributed by atoms with van der Waals surface area (Å²) in [7, 11) is 1.85. The molecule has 5 nitrogen and oxygen atoms in total. The molecule has 0 radical (unpaired) electrons.